The number of carbonyl (C=O) groups is 2. The first kappa shape index (κ1) is 26.7. The van der Waals surface area contributed by atoms with Crippen LogP contribution in [0.4, 0.5) is 5.82 Å². The fourth-order valence-electron chi connectivity index (χ4n) is 4.89. The number of aromatic nitrogens is 5. The molecule has 1 saturated heterocycles. The van der Waals surface area contributed by atoms with Gasteiger partial charge in [-0.2, -0.15) is 5.10 Å². The standard InChI is InChI=1S/C27H33N9O2S/c1-5-34(6-2)17(3)15-29-26(37)18-13-21(32-24(14-18)35-11-9-22(35)27(38)28-4)19-16-30-36-12-8-20(33-25(19)36)23-7-10-31-39-23/h7-8,10,12-14,16-17,22H,5-6,9,11,15H2,1-4H3,(H,28,38)(H,29,37)/t17?,22-/m0/s1. The molecule has 0 aliphatic carbocycles. The molecule has 0 bridgehead atoms. The molecule has 0 saturated carbocycles. The zero-order valence-electron chi connectivity index (χ0n) is 22.6. The van der Waals surface area contributed by atoms with Crippen LogP contribution in [-0.2, 0) is 4.79 Å². The summed E-state index contributed by atoms with van der Waals surface area (Å²) in [4.78, 5) is 40.7. The van der Waals surface area contributed by atoms with Gasteiger partial charge >= 0.3 is 0 Å². The molecule has 204 valence electrons. The molecule has 2 atom stereocenters. The summed E-state index contributed by atoms with van der Waals surface area (Å²) in [7, 11) is 1.63. The number of nitrogens with zero attached hydrogens (tertiary/aromatic N) is 7. The summed E-state index contributed by atoms with van der Waals surface area (Å²) in [6.07, 6.45) is 6.03. The van der Waals surface area contributed by atoms with E-state index >= 15 is 0 Å². The molecule has 12 heteroatoms. The summed E-state index contributed by atoms with van der Waals surface area (Å²) in [5.41, 5.74) is 3.15. The Kier molecular flexibility index (Phi) is 7.84. The lowest BCUT2D eigenvalue weighted by atomic mass is 10.0. The number of pyridine rings is 1. The van der Waals surface area contributed by atoms with Crippen LogP contribution < -0.4 is 15.5 Å². The van der Waals surface area contributed by atoms with Gasteiger partial charge in [0.2, 0.25) is 5.91 Å². The highest BCUT2D eigenvalue weighted by atomic mass is 32.1. The molecule has 4 aromatic heterocycles. The van der Waals surface area contributed by atoms with Crippen molar-refractivity contribution in [1.29, 1.82) is 0 Å². The second kappa shape index (κ2) is 11.5. The lowest BCUT2D eigenvalue weighted by molar-refractivity contribution is -0.123. The van der Waals surface area contributed by atoms with Gasteiger partial charge < -0.3 is 15.5 Å². The third-order valence-electron chi connectivity index (χ3n) is 7.27. The van der Waals surface area contributed by atoms with Crippen LogP contribution in [0.5, 0.6) is 0 Å². The topological polar surface area (TPSA) is 121 Å². The normalized spacial score (nSPS) is 15.8. The Morgan fingerprint density at radius 2 is 2.00 bits per heavy atom. The molecule has 1 unspecified atom stereocenters. The molecule has 1 aliphatic heterocycles. The predicted molar refractivity (Wildman–Crippen MR) is 152 cm³/mol. The molecule has 11 nitrogen and oxygen atoms in total. The number of fused-ring (bicyclic) bond motifs is 1. The molecule has 4 aromatic rings. The summed E-state index contributed by atoms with van der Waals surface area (Å²) in [6, 6.07) is 7.22. The van der Waals surface area contributed by atoms with Crippen LogP contribution in [0.3, 0.4) is 0 Å². The predicted octanol–water partition coefficient (Wildman–Crippen LogP) is 2.70. The fraction of sp³-hybridized carbons (Fsp3) is 0.407. The zero-order valence-corrected chi connectivity index (χ0v) is 23.4. The van der Waals surface area contributed by atoms with Gasteiger partial charge in [-0.05, 0) is 62.2 Å². The summed E-state index contributed by atoms with van der Waals surface area (Å²) in [5.74, 6) is 0.317. The molecule has 39 heavy (non-hydrogen) atoms. The smallest absolute Gasteiger partial charge is 0.251 e. The van der Waals surface area contributed by atoms with Crippen LogP contribution in [0.15, 0.2) is 42.9 Å². The van der Waals surface area contributed by atoms with Crippen LogP contribution in [0.1, 0.15) is 37.6 Å². The minimum atomic E-state index is -0.323. The van der Waals surface area contributed by atoms with Crippen molar-refractivity contribution >= 4 is 34.8 Å². The minimum absolute atomic E-state index is 0.0700. The minimum Gasteiger partial charge on any atom is -0.357 e. The maximum absolute atomic E-state index is 13.4. The first-order valence-electron chi connectivity index (χ1n) is 13.2. The first-order valence-corrected chi connectivity index (χ1v) is 14.0. The monoisotopic (exact) mass is 547 g/mol. The number of carbonyl (C=O) groups excluding carboxylic acids is 2. The van der Waals surface area contributed by atoms with E-state index in [-0.39, 0.29) is 23.9 Å². The van der Waals surface area contributed by atoms with Crippen molar-refractivity contribution in [3.8, 4) is 21.8 Å². The molecule has 5 rings (SSSR count). The van der Waals surface area contributed by atoms with E-state index < -0.39 is 0 Å². The van der Waals surface area contributed by atoms with Gasteiger partial charge in [-0.15, -0.1) is 0 Å². The van der Waals surface area contributed by atoms with E-state index in [9.17, 15) is 9.59 Å². The second-order valence-electron chi connectivity index (χ2n) is 9.51. The highest BCUT2D eigenvalue weighted by Gasteiger charge is 2.35. The molecule has 2 amide bonds. The highest BCUT2D eigenvalue weighted by molar-refractivity contribution is 7.09. The van der Waals surface area contributed by atoms with Crippen molar-refractivity contribution in [2.24, 2.45) is 0 Å². The van der Waals surface area contributed by atoms with Gasteiger partial charge in [0.05, 0.1) is 28.0 Å². The molecule has 0 aromatic carbocycles. The van der Waals surface area contributed by atoms with E-state index in [0.29, 0.717) is 41.4 Å². The molecule has 0 spiro atoms. The number of likely N-dealkylation sites (N-methyl/N-ethyl adjacent to an activating group) is 2. The number of hydrogen-bond acceptors (Lipinski definition) is 9. The summed E-state index contributed by atoms with van der Waals surface area (Å²) in [5, 5.41) is 10.3. The third kappa shape index (κ3) is 5.34. The Morgan fingerprint density at radius 1 is 1.18 bits per heavy atom. The largest absolute Gasteiger partial charge is 0.357 e. The Bertz CT molecular complexity index is 1470. The van der Waals surface area contributed by atoms with Gasteiger partial charge in [-0.1, -0.05) is 13.8 Å². The van der Waals surface area contributed by atoms with Crippen molar-refractivity contribution in [1.82, 2.24) is 39.5 Å². The summed E-state index contributed by atoms with van der Waals surface area (Å²) >= 11 is 1.37. The van der Waals surface area contributed by atoms with E-state index in [1.165, 1.54) is 11.5 Å². The van der Waals surface area contributed by atoms with Crippen LogP contribution >= 0.6 is 11.5 Å². The van der Waals surface area contributed by atoms with E-state index in [1.54, 1.807) is 36.1 Å². The molecular weight excluding hydrogens is 514 g/mol. The van der Waals surface area contributed by atoms with E-state index in [1.807, 2.05) is 23.2 Å². The number of rotatable bonds is 10. The van der Waals surface area contributed by atoms with Gasteiger partial charge in [0, 0.05) is 44.1 Å². The third-order valence-corrected chi connectivity index (χ3v) is 8.04. The quantitative estimate of drug-likeness (QED) is 0.311. The van der Waals surface area contributed by atoms with Crippen molar-refractivity contribution in [2.75, 3.05) is 38.1 Å². The SMILES string of the molecule is CCN(CC)C(C)CNC(=O)c1cc(-c2cnn3ccc(-c4ccns4)nc23)nc(N2CC[C@H]2C(=O)NC)c1. The lowest BCUT2D eigenvalue weighted by Gasteiger charge is -2.40. The molecule has 2 N–H and O–H groups in total. The van der Waals surface area contributed by atoms with Gasteiger partial charge in [0.15, 0.2) is 5.65 Å². The average Bonchev–Trinajstić information content (AvgIpc) is 3.61. The summed E-state index contributed by atoms with van der Waals surface area (Å²) < 4.78 is 5.88. The second-order valence-corrected chi connectivity index (χ2v) is 10.3. The molecule has 1 fully saturated rings. The van der Waals surface area contributed by atoms with Gasteiger partial charge in [0.1, 0.15) is 11.9 Å². The zero-order chi connectivity index (χ0) is 27.5. The fourth-order valence-corrected chi connectivity index (χ4v) is 5.45. The van der Waals surface area contributed by atoms with Gasteiger partial charge in [0.25, 0.3) is 5.91 Å². The highest BCUT2D eigenvalue weighted by Crippen LogP contribution is 2.31. The van der Waals surface area contributed by atoms with Crippen LogP contribution in [-0.4, -0.2) is 86.0 Å². The van der Waals surface area contributed by atoms with Gasteiger partial charge in [-0.3, -0.25) is 14.5 Å². The number of amides is 2. The van der Waals surface area contributed by atoms with Gasteiger partial charge in [-0.25, -0.2) is 18.9 Å². The number of hydrogen-bond donors (Lipinski definition) is 2. The van der Waals surface area contributed by atoms with E-state index in [4.69, 9.17) is 9.97 Å². The van der Waals surface area contributed by atoms with Crippen molar-refractivity contribution in [2.45, 2.75) is 39.3 Å². The number of nitrogens with one attached hydrogen (secondary N) is 2. The van der Waals surface area contributed by atoms with Crippen molar-refractivity contribution in [3.05, 3.63) is 48.4 Å². The molecule has 5 heterocycles. The van der Waals surface area contributed by atoms with Crippen LogP contribution in [0.2, 0.25) is 0 Å². The van der Waals surface area contributed by atoms with Crippen molar-refractivity contribution in [3.63, 3.8) is 0 Å². The van der Waals surface area contributed by atoms with Crippen LogP contribution in [0, 0.1) is 0 Å². The Labute approximate surface area is 231 Å². The van der Waals surface area contributed by atoms with Crippen LogP contribution in [0.25, 0.3) is 27.5 Å². The van der Waals surface area contributed by atoms with Crippen molar-refractivity contribution < 1.29 is 9.59 Å². The first-order chi connectivity index (χ1) is 18.9. The Morgan fingerprint density at radius 3 is 2.67 bits per heavy atom. The molecule has 1 aliphatic rings. The maximum Gasteiger partial charge on any atom is 0.251 e. The average molecular weight is 548 g/mol. The summed E-state index contributed by atoms with van der Waals surface area (Å²) in [6.45, 7) is 9.37. The van der Waals surface area contributed by atoms with E-state index in [0.717, 1.165) is 30.1 Å². The molecular formula is C27H33N9O2S. The van der Waals surface area contributed by atoms with E-state index in [2.05, 4.69) is 45.8 Å². The number of anilines is 1. The lowest BCUT2D eigenvalue weighted by Crippen LogP contribution is -2.56. The molecule has 0 radical (unpaired) electrons. The Balaban J connectivity index is 1.52. The Hall–Kier alpha value is -3.90. The maximum atomic E-state index is 13.4.